The molecule has 2 aromatic carbocycles. The molecular weight excluding hydrogens is 264 g/mol. The van der Waals surface area contributed by atoms with Crippen molar-refractivity contribution in [2.75, 3.05) is 24.8 Å². The minimum atomic E-state index is -0.140. The molecule has 0 aliphatic carbocycles. The maximum atomic E-state index is 12.4. The van der Waals surface area contributed by atoms with E-state index in [0.717, 1.165) is 16.8 Å². The van der Waals surface area contributed by atoms with Crippen molar-refractivity contribution < 1.29 is 9.53 Å². The molecule has 0 saturated carbocycles. The molecule has 0 spiro atoms. The van der Waals surface area contributed by atoms with E-state index < -0.39 is 0 Å². The molecule has 2 N–H and O–H groups in total. The van der Waals surface area contributed by atoms with E-state index in [2.05, 4.69) is 10.6 Å². The number of amides is 1. The summed E-state index contributed by atoms with van der Waals surface area (Å²) >= 11 is 0. The number of benzene rings is 2. The van der Waals surface area contributed by atoms with Gasteiger partial charge in [0.05, 0.1) is 12.8 Å². The van der Waals surface area contributed by atoms with Gasteiger partial charge in [0.1, 0.15) is 5.75 Å². The lowest BCUT2D eigenvalue weighted by molar-refractivity contribution is 0.102. The largest absolute Gasteiger partial charge is 0.495 e. The van der Waals surface area contributed by atoms with Crippen LogP contribution in [0.3, 0.4) is 0 Å². The fraction of sp³-hybridized carbons (Fsp3) is 0.235. The predicted molar refractivity (Wildman–Crippen MR) is 86.4 cm³/mol. The van der Waals surface area contributed by atoms with Gasteiger partial charge < -0.3 is 15.4 Å². The van der Waals surface area contributed by atoms with Crippen molar-refractivity contribution in [3.63, 3.8) is 0 Å². The van der Waals surface area contributed by atoms with E-state index in [1.165, 1.54) is 0 Å². The molecule has 0 aromatic heterocycles. The third-order valence-electron chi connectivity index (χ3n) is 3.36. The highest BCUT2D eigenvalue weighted by Gasteiger charge is 2.12. The first-order valence-corrected chi connectivity index (χ1v) is 6.79. The van der Waals surface area contributed by atoms with E-state index in [9.17, 15) is 4.79 Å². The fourth-order valence-electron chi connectivity index (χ4n) is 2.18. The van der Waals surface area contributed by atoms with Gasteiger partial charge in [0.15, 0.2) is 0 Å². The van der Waals surface area contributed by atoms with Crippen LogP contribution in [0.4, 0.5) is 11.4 Å². The Balaban J connectivity index is 2.28. The maximum absolute atomic E-state index is 12.4. The molecule has 0 unspecified atom stereocenters. The number of nitrogens with one attached hydrogen (secondary N) is 2. The number of methoxy groups -OCH3 is 1. The standard InChI is InChI=1S/C17H20N2O2/c1-11-5-8-16(21-4)15(9-11)19-17(20)14-7-6-13(18-3)10-12(14)2/h5-10,18H,1-4H3,(H,19,20). The Bertz CT molecular complexity index is 666. The number of carbonyl (C=O) groups excluding carboxylic acids is 1. The molecular formula is C17H20N2O2. The molecule has 4 heteroatoms. The summed E-state index contributed by atoms with van der Waals surface area (Å²) in [4.78, 5) is 12.4. The normalized spacial score (nSPS) is 10.1. The second-order valence-corrected chi connectivity index (χ2v) is 4.94. The molecule has 0 radical (unpaired) electrons. The van der Waals surface area contributed by atoms with E-state index in [-0.39, 0.29) is 5.91 Å². The van der Waals surface area contributed by atoms with Crippen LogP contribution < -0.4 is 15.4 Å². The van der Waals surface area contributed by atoms with Crippen LogP contribution in [0.15, 0.2) is 36.4 Å². The molecule has 0 saturated heterocycles. The van der Waals surface area contributed by atoms with Gasteiger partial charge in [-0.2, -0.15) is 0 Å². The van der Waals surface area contributed by atoms with Gasteiger partial charge in [-0.25, -0.2) is 0 Å². The third-order valence-corrected chi connectivity index (χ3v) is 3.36. The van der Waals surface area contributed by atoms with Crippen molar-refractivity contribution in [3.05, 3.63) is 53.1 Å². The maximum Gasteiger partial charge on any atom is 0.256 e. The Kier molecular flexibility index (Phi) is 4.48. The van der Waals surface area contributed by atoms with E-state index in [0.29, 0.717) is 17.0 Å². The molecule has 0 bridgehead atoms. The first-order chi connectivity index (χ1) is 10.0. The Labute approximate surface area is 125 Å². The molecule has 0 fully saturated rings. The minimum Gasteiger partial charge on any atom is -0.495 e. The highest BCUT2D eigenvalue weighted by molar-refractivity contribution is 6.06. The minimum absolute atomic E-state index is 0.140. The highest BCUT2D eigenvalue weighted by atomic mass is 16.5. The van der Waals surface area contributed by atoms with E-state index >= 15 is 0 Å². The highest BCUT2D eigenvalue weighted by Crippen LogP contribution is 2.26. The van der Waals surface area contributed by atoms with Gasteiger partial charge in [-0.15, -0.1) is 0 Å². The van der Waals surface area contributed by atoms with Crippen LogP contribution >= 0.6 is 0 Å². The Morgan fingerprint density at radius 2 is 1.86 bits per heavy atom. The van der Waals surface area contributed by atoms with E-state index in [1.807, 2.05) is 57.3 Å². The number of carbonyl (C=O) groups is 1. The first-order valence-electron chi connectivity index (χ1n) is 6.79. The number of hydrogen-bond acceptors (Lipinski definition) is 3. The van der Waals surface area contributed by atoms with Crippen molar-refractivity contribution in [2.24, 2.45) is 0 Å². The van der Waals surface area contributed by atoms with E-state index in [4.69, 9.17) is 4.74 Å². The number of anilines is 2. The molecule has 0 aliphatic heterocycles. The molecule has 0 heterocycles. The van der Waals surface area contributed by atoms with Crippen molar-refractivity contribution >= 4 is 17.3 Å². The van der Waals surface area contributed by atoms with Crippen LogP contribution in [0.25, 0.3) is 0 Å². The van der Waals surface area contributed by atoms with Crippen molar-refractivity contribution in [2.45, 2.75) is 13.8 Å². The molecule has 0 aliphatic rings. The van der Waals surface area contributed by atoms with Crippen LogP contribution in [0.1, 0.15) is 21.5 Å². The van der Waals surface area contributed by atoms with Gasteiger partial charge >= 0.3 is 0 Å². The zero-order chi connectivity index (χ0) is 15.4. The summed E-state index contributed by atoms with van der Waals surface area (Å²) in [5.74, 6) is 0.512. The predicted octanol–water partition coefficient (Wildman–Crippen LogP) is 3.61. The summed E-state index contributed by atoms with van der Waals surface area (Å²) in [6.45, 7) is 3.89. The average Bonchev–Trinajstić information content (AvgIpc) is 2.47. The van der Waals surface area contributed by atoms with Gasteiger partial charge in [-0.1, -0.05) is 6.07 Å². The molecule has 1 amide bonds. The second kappa shape index (κ2) is 6.31. The fourth-order valence-corrected chi connectivity index (χ4v) is 2.18. The van der Waals surface area contributed by atoms with Gasteiger partial charge in [0, 0.05) is 18.3 Å². The van der Waals surface area contributed by atoms with Gasteiger partial charge in [0.2, 0.25) is 0 Å². The van der Waals surface area contributed by atoms with Crippen LogP contribution in [0.2, 0.25) is 0 Å². The zero-order valence-electron chi connectivity index (χ0n) is 12.8. The van der Waals surface area contributed by atoms with Crippen molar-refractivity contribution in [1.82, 2.24) is 0 Å². The summed E-state index contributed by atoms with van der Waals surface area (Å²) in [5.41, 5.74) is 4.30. The van der Waals surface area contributed by atoms with Crippen LogP contribution in [0.5, 0.6) is 5.75 Å². The average molecular weight is 284 g/mol. The number of aryl methyl sites for hydroxylation is 2. The van der Waals surface area contributed by atoms with Crippen molar-refractivity contribution in [3.8, 4) is 5.75 Å². The molecule has 2 aromatic rings. The summed E-state index contributed by atoms with van der Waals surface area (Å²) in [5, 5.41) is 5.97. The molecule has 2 rings (SSSR count). The summed E-state index contributed by atoms with van der Waals surface area (Å²) in [6, 6.07) is 11.3. The Morgan fingerprint density at radius 3 is 2.48 bits per heavy atom. The summed E-state index contributed by atoms with van der Waals surface area (Å²) in [6.07, 6.45) is 0. The van der Waals surface area contributed by atoms with Crippen LogP contribution in [0, 0.1) is 13.8 Å². The van der Waals surface area contributed by atoms with Crippen LogP contribution in [-0.2, 0) is 0 Å². The monoisotopic (exact) mass is 284 g/mol. The quantitative estimate of drug-likeness (QED) is 0.901. The topological polar surface area (TPSA) is 50.4 Å². The summed E-state index contributed by atoms with van der Waals surface area (Å²) in [7, 11) is 3.44. The third kappa shape index (κ3) is 3.34. The lowest BCUT2D eigenvalue weighted by Crippen LogP contribution is -2.14. The Hall–Kier alpha value is -2.49. The number of rotatable bonds is 4. The first kappa shape index (κ1) is 14.9. The molecule has 4 nitrogen and oxygen atoms in total. The van der Waals surface area contributed by atoms with E-state index in [1.54, 1.807) is 7.11 Å². The number of ether oxygens (including phenoxy) is 1. The number of hydrogen-bond donors (Lipinski definition) is 2. The Morgan fingerprint density at radius 1 is 1.10 bits per heavy atom. The summed E-state index contributed by atoms with van der Waals surface area (Å²) < 4.78 is 5.28. The molecule has 110 valence electrons. The smallest absolute Gasteiger partial charge is 0.256 e. The van der Waals surface area contributed by atoms with Gasteiger partial charge in [-0.3, -0.25) is 4.79 Å². The van der Waals surface area contributed by atoms with Gasteiger partial charge in [0.25, 0.3) is 5.91 Å². The zero-order valence-corrected chi connectivity index (χ0v) is 12.8. The lowest BCUT2D eigenvalue weighted by atomic mass is 10.1. The molecule has 21 heavy (non-hydrogen) atoms. The lowest BCUT2D eigenvalue weighted by Gasteiger charge is -2.13. The van der Waals surface area contributed by atoms with Crippen molar-refractivity contribution in [1.29, 1.82) is 0 Å². The molecule has 0 atom stereocenters. The SMILES string of the molecule is CNc1ccc(C(=O)Nc2cc(C)ccc2OC)c(C)c1. The second-order valence-electron chi connectivity index (χ2n) is 4.94. The van der Waals surface area contributed by atoms with Crippen LogP contribution in [-0.4, -0.2) is 20.1 Å². The van der Waals surface area contributed by atoms with Gasteiger partial charge in [-0.05, 0) is 55.3 Å².